The molecule has 162 valence electrons. The van der Waals surface area contributed by atoms with Gasteiger partial charge in [0.1, 0.15) is 11.9 Å². The van der Waals surface area contributed by atoms with Gasteiger partial charge in [0.2, 0.25) is 5.82 Å². The molecule has 0 N–H and O–H groups in total. The van der Waals surface area contributed by atoms with Crippen LogP contribution in [-0.2, 0) is 20.8 Å². The van der Waals surface area contributed by atoms with Gasteiger partial charge in [-0.3, -0.25) is 0 Å². The van der Waals surface area contributed by atoms with Crippen LogP contribution < -0.4 is 4.74 Å². The van der Waals surface area contributed by atoms with Crippen molar-refractivity contribution < 1.29 is 32.1 Å². The zero-order chi connectivity index (χ0) is 21.5. The number of unbranched alkanes of at least 4 members (excludes halogenated alkanes) is 1. The molecule has 0 radical (unpaired) electrons. The topological polar surface area (TPSA) is 36.9 Å². The van der Waals surface area contributed by atoms with Gasteiger partial charge in [-0.1, -0.05) is 18.2 Å². The third-order valence-corrected chi connectivity index (χ3v) is 4.73. The van der Waals surface area contributed by atoms with Crippen LogP contribution >= 0.6 is 0 Å². The quantitative estimate of drug-likeness (QED) is 0.401. The fourth-order valence-corrected chi connectivity index (χ4v) is 2.95. The van der Waals surface area contributed by atoms with Crippen LogP contribution in [0.15, 0.2) is 43.0 Å². The van der Waals surface area contributed by atoms with Gasteiger partial charge in [-0.2, -0.15) is 4.39 Å². The first kappa shape index (κ1) is 22.3. The molecule has 0 atom stereocenters. The largest absolute Gasteiger partial charge is 0.490 e. The monoisotopic (exact) mass is 422 g/mol. The highest BCUT2D eigenvalue weighted by molar-refractivity contribution is 5.32. The van der Waals surface area contributed by atoms with E-state index in [0.717, 1.165) is 6.42 Å². The highest BCUT2D eigenvalue weighted by Crippen LogP contribution is 2.31. The molecule has 1 heterocycles. The van der Waals surface area contributed by atoms with Crippen molar-refractivity contribution in [1.82, 2.24) is 0 Å². The normalized spacial score (nSPS) is 18.9. The second kappa shape index (κ2) is 10.6. The summed E-state index contributed by atoms with van der Waals surface area (Å²) in [6, 6.07) is 7.64. The molecule has 3 rings (SSSR count). The lowest BCUT2D eigenvalue weighted by atomic mass is 10.1. The van der Waals surface area contributed by atoms with E-state index in [0.29, 0.717) is 17.5 Å². The molecule has 4 nitrogen and oxygen atoms in total. The Morgan fingerprint density at radius 2 is 1.87 bits per heavy atom. The van der Waals surface area contributed by atoms with Crippen molar-refractivity contribution in [3.05, 3.63) is 77.1 Å². The standard InChI is InChI=1S/C23H25F3O4/c1-3-4-5-10-27-20-9-8-18(21(25)22(20)26)23-29-13-17(14-30-23)28-12-16-7-6-15(2)19(24)11-16/h3,6-9,11,17,23H,1,4-5,10,12-14H2,2H3. The molecule has 2 aromatic rings. The molecule has 0 saturated carbocycles. The first-order valence-electron chi connectivity index (χ1n) is 9.81. The molecule has 7 heteroatoms. The van der Waals surface area contributed by atoms with Crippen molar-refractivity contribution in [2.24, 2.45) is 0 Å². The summed E-state index contributed by atoms with van der Waals surface area (Å²) < 4.78 is 64.3. The van der Waals surface area contributed by atoms with E-state index in [1.165, 1.54) is 18.2 Å². The second-order valence-corrected chi connectivity index (χ2v) is 7.08. The van der Waals surface area contributed by atoms with Crippen LogP contribution in [0.2, 0.25) is 0 Å². The van der Waals surface area contributed by atoms with E-state index in [9.17, 15) is 13.2 Å². The van der Waals surface area contributed by atoms with Gasteiger partial charge in [0.15, 0.2) is 17.9 Å². The molecule has 1 aliphatic heterocycles. The Labute approximate surface area is 174 Å². The summed E-state index contributed by atoms with van der Waals surface area (Å²) in [7, 11) is 0. The number of aryl methyl sites for hydroxylation is 1. The summed E-state index contributed by atoms with van der Waals surface area (Å²) in [4.78, 5) is 0. The molecule has 1 aliphatic rings. The van der Waals surface area contributed by atoms with Crippen LogP contribution in [0.3, 0.4) is 0 Å². The minimum Gasteiger partial charge on any atom is -0.490 e. The molecule has 1 fully saturated rings. The molecule has 0 spiro atoms. The maximum absolute atomic E-state index is 14.5. The highest BCUT2D eigenvalue weighted by atomic mass is 19.2. The summed E-state index contributed by atoms with van der Waals surface area (Å²) in [6.07, 6.45) is 1.69. The van der Waals surface area contributed by atoms with E-state index in [-0.39, 0.29) is 43.6 Å². The van der Waals surface area contributed by atoms with Crippen LogP contribution in [0.25, 0.3) is 0 Å². The SMILES string of the molecule is C=CCCCOc1ccc(C2OCC(OCc3ccc(C)c(F)c3)CO2)c(F)c1F. The minimum absolute atomic E-state index is 0.0370. The smallest absolute Gasteiger partial charge is 0.201 e. The number of rotatable bonds is 9. The number of halogens is 3. The molecule has 2 aromatic carbocycles. The summed E-state index contributed by atoms with van der Waals surface area (Å²) in [5.41, 5.74) is 1.22. The lowest BCUT2D eigenvalue weighted by Gasteiger charge is -2.30. The summed E-state index contributed by atoms with van der Waals surface area (Å²) in [6.45, 7) is 6.02. The first-order valence-corrected chi connectivity index (χ1v) is 9.81. The maximum Gasteiger partial charge on any atom is 0.201 e. The fourth-order valence-electron chi connectivity index (χ4n) is 2.95. The van der Waals surface area contributed by atoms with Gasteiger partial charge < -0.3 is 18.9 Å². The van der Waals surface area contributed by atoms with Crippen LogP contribution in [0.1, 0.15) is 35.8 Å². The van der Waals surface area contributed by atoms with E-state index in [2.05, 4.69) is 6.58 Å². The Bertz CT molecular complexity index is 864. The van der Waals surface area contributed by atoms with Crippen LogP contribution in [-0.4, -0.2) is 25.9 Å². The zero-order valence-electron chi connectivity index (χ0n) is 16.8. The maximum atomic E-state index is 14.5. The summed E-state index contributed by atoms with van der Waals surface area (Å²) >= 11 is 0. The van der Waals surface area contributed by atoms with Crippen LogP contribution in [0.4, 0.5) is 13.2 Å². The van der Waals surface area contributed by atoms with Crippen LogP contribution in [0, 0.1) is 24.4 Å². The average Bonchev–Trinajstić information content (AvgIpc) is 2.75. The van der Waals surface area contributed by atoms with Gasteiger partial charge in [-0.05, 0) is 49.1 Å². The molecule has 0 bridgehead atoms. The van der Waals surface area contributed by atoms with E-state index in [1.807, 2.05) is 0 Å². The van der Waals surface area contributed by atoms with Crippen molar-refractivity contribution in [3.63, 3.8) is 0 Å². The number of hydrogen-bond donors (Lipinski definition) is 0. The average molecular weight is 422 g/mol. The Balaban J connectivity index is 1.52. The van der Waals surface area contributed by atoms with Crippen molar-refractivity contribution in [3.8, 4) is 5.75 Å². The molecular formula is C23H25F3O4. The number of allylic oxidation sites excluding steroid dienone is 1. The van der Waals surface area contributed by atoms with Crippen molar-refractivity contribution in [2.75, 3.05) is 19.8 Å². The number of benzene rings is 2. The Morgan fingerprint density at radius 3 is 2.57 bits per heavy atom. The third kappa shape index (κ3) is 5.62. The van der Waals surface area contributed by atoms with Gasteiger partial charge >= 0.3 is 0 Å². The summed E-state index contributed by atoms with van der Waals surface area (Å²) in [5, 5.41) is 0. The second-order valence-electron chi connectivity index (χ2n) is 7.08. The Hall–Kier alpha value is -2.35. The Morgan fingerprint density at radius 1 is 1.10 bits per heavy atom. The van der Waals surface area contributed by atoms with E-state index < -0.39 is 24.0 Å². The van der Waals surface area contributed by atoms with Crippen molar-refractivity contribution in [1.29, 1.82) is 0 Å². The predicted octanol–water partition coefficient (Wildman–Crippen LogP) is 5.39. The minimum atomic E-state index is -1.07. The number of hydrogen-bond acceptors (Lipinski definition) is 4. The van der Waals surface area contributed by atoms with Gasteiger partial charge in [-0.15, -0.1) is 6.58 Å². The van der Waals surface area contributed by atoms with Crippen molar-refractivity contribution in [2.45, 2.75) is 38.8 Å². The van der Waals surface area contributed by atoms with E-state index in [1.54, 1.807) is 25.1 Å². The fraction of sp³-hybridized carbons (Fsp3) is 0.391. The van der Waals surface area contributed by atoms with Gasteiger partial charge in [0.25, 0.3) is 0 Å². The van der Waals surface area contributed by atoms with E-state index in [4.69, 9.17) is 18.9 Å². The zero-order valence-corrected chi connectivity index (χ0v) is 16.8. The Kier molecular flexibility index (Phi) is 7.90. The first-order chi connectivity index (χ1) is 14.5. The molecule has 0 unspecified atom stereocenters. The molecule has 0 aliphatic carbocycles. The van der Waals surface area contributed by atoms with Crippen molar-refractivity contribution >= 4 is 0 Å². The molecular weight excluding hydrogens is 397 g/mol. The molecule has 30 heavy (non-hydrogen) atoms. The molecule has 0 amide bonds. The predicted molar refractivity (Wildman–Crippen MR) is 106 cm³/mol. The molecule has 1 saturated heterocycles. The van der Waals surface area contributed by atoms with Gasteiger partial charge in [0, 0.05) is 5.56 Å². The lowest BCUT2D eigenvalue weighted by Crippen LogP contribution is -2.33. The van der Waals surface area contributed by atoms with Gasteiger partial charge in [-0.25, -0.2) is 8.78 Å². The highest BCUT2D eigenvalue weighted by Gasteiger charge is 2.28. The molecule has 0 aromatic heterocycles. The van der Waals surface area contributed by atoms with Crippen LogP contribution in [0.5, 0.6) is 5.75 Å². The number of ether oxygens (including phenoxy) is 4. The van der Waals surface area contributed by atoms with Gasteiger partial charge in [0.05, 0.1) is 26.4 Å². The third-order valence-electron chi connectivity index (χ3n) is 4.73. The lowest BCUT2D eigenvalue weighted by molar-refractivity contribution is -0.233. The summed E-state index contributed by atoms with van der Waals surface area (Å²) in [5.74, 6) is -2.57. The van der Waals surface area contributed by atoms with E-state index >= 15 is 0 Å².